The Labute approximate surface area is 212 Å². The molecule has 0 saturated carbocycles. The summed E-state index contributed by atoms with van der Waals surface area (Å²) in [4.78, 5) is 24.9. The Balaban J connectivity index is 1.98. The summed E-state index contributed by atoms with van der Waals surface area (Å²) in [6.07, 6.45) is 0. The second-order valence-electron chi connectivity index (χ2n) is 8.32. The van der Waals surface area contributed by atoms with Gasteiger partial charge in [0.1, 0.15) is 11.7 Å². The van der Waals surface area contributed by atoms with Gasteiger partial charge in [0.15, 0.2) is 5.78 Å². The molecule has 8 heteroatoms. The summed E-state index contributed by atoms with van der Waals surface area (Å²) in [6.45, 7) is 0. The van der Waals surface area contributed by atoms with Gasteiger partial charge < -0.3 is 5.11 Å². The van der Waals surface area contributed by atoms with Gasteiger partial charge in [0.2, 0.25) is 0 Å². The van der Waals surface area contributed by atoms with Gasteiger partial charge >= 0.3 is 0 Å². The fourth-order valence-electron chi connectivity index (χ4n) is 4.62. The number of hydrogen-bond acceptors (Lipinski definition) is 7. The lowest BCUT2D eigenvalue weighted by Crippen LogP contribution is -2.37. The topological polar surface area (TPSA) is 128 Å². The van der Waals surface area contributed by atoms with Crippen molar-refractivity contribution in [2.24, 2.45) is 5.92 Å². The van der Waals surface area contributed by atoms with E-state index in [2.05, 4.69) is 0 Å². The molecule has 0 saturated heterocycles. The van der Waals surface area contributed by atoms with Crippen LogP contribution in [0.15, 0.2) is 96.3 Å². The first kappa shape index (κ1) is 24.5. The Bertz CT molecular complexity index is 1420. The molecule has 176 valence electrons. The van der Waals surface area contributed by atoms with Crippen molar-refractivity contribution in [3.05, 3.63) is 123 Å². The zero-order valence-corrected chi connectivity index (χ0v) is 19.6. The van der Waals surface area contributed by atoms with Gasteiger partial charge in [-0.15, -0.1) is 0 Å². The molecule has 4 rings (SSSR count). The van der Waals surface area contributed by atoms with Gasteiger partial charge in [0.25, 0.3) is 5.69 Å². The average Bonchev–Trinajstić information content (AvgIpc) is 2.89. The molecule has 0 aliphatic heterocycles. The minimum Gasteiger partial charge on any atom is -0.511 e. The first-order valence-corrected chi connectivity index (χ1v) is 11.4. The van der Waals surface area contributed by atoms with Crippen LogP contribution >= 0.6 is 12.2 Å². The van der Waals surface area contributed by atoms with Crippen LogP contribution in [0.3, 0.4) is 0 Å². The highest BCUT2D eigenvalue weighted by atomic mass is 32.1. The van der Waals surface area contributed by atoms with Crippen LogP contribution in [0.25, 0.3) is 0 Å². The van der Waals surface area contributed by atoms with Crippen LogP contribution in [0.5, 0.6) is 0 Å². The number of carbonyl (C=O) groups is 1. The predicted molar refractivity (Wildman–Crippen MR) is 136 cm³/mol. The molecule has 0 radical (unpaired) electrons. The standard InChI is InChI=1S/C28H19N3O4S/c29-15-20(16-30)22(19-11-13-21(14-12-19)31(34)35)25-26(32)23(17-7-3-1-4-8-17)28(36)24(27(25)33)18-9-5-2-6-10-18/h1-14,20,22-24,32H. The summed E-state index contributed by atoms with van der Waals surface area (Å²) in [5.41, 5.74) is 1.36. The van der Waals surface area contributed by atoms with Crippen molar-refractivity contribution in [2.75, 3.05) is 0 Å². The Hall–Kier alpha value is -4.66. The minimum atomic E-state index is -1.34. The molecule has 7 nitrogen and oxygen atoms in total. The summed E-state index contributed by atoms with van der Waals surface area (Å²) >= 11 is 5.77. The average molecular weight is 494 g/mol. The van der Waals surface area contributed by atoms with E-state index in [1.807, 2.05) is 24.3 Å². The molecule has 1 aliphatic carbocycles. The second kappa shape index (κ2) is 10.3. The highest BCUT2D eigenvalue weighted by Crippen LogP contribution is 2.46. The van der Waals surface area contributed by atoms with Gasteiger partial charge in [-0.1, -0.05) is 85.0 Å². The number of non-ortho nitro benzene ring substituents is 1. The third kappa shape index (κ3) is 4.38. The number of carbonyl (C=O) groups excluding carboxylic acids is 1. The number of aliphatic hydroxyl groups is 1. The lowest BCUT2D eigenvalue weighted by molar-refractivity contribution is -0.384. The molecule has 0 spiro atoms. The molecule has 3 atom stereocenters. The van der Waals surface area contributed by atoms with Crippen molar-refractivity contribution >= 4 is 28.6 Å². The van der Waals surface area contributed by atoms with Gasteiger partial charge in [-0.2, -0.15) is 10.5 Å². The van der Waals surface area contributed by atoms with E-state index in [0.29, 0.717) is 21.6 Å². The molecular weight excluding hydrogens is 474 g/mol. The molecule has 0 heterocycles. The molecule has 0 bridgehead atoms. The van der Waals surface area contributed by atoms with Crippen LogP contribution < -0.4 is 0 Å². The first-order valence-electron chi connectivity index (χ1n) is 11.0. The molecule has 36 heavy (non-hydrogen) atoms. The van der Waals surface area contributed by atoms with E-state index in [-0.39, 0.29) is 17.0 Å². The normalized spacial score (nSPS) is 18.4. The van der Waals surface area contributed by atoms with E-state index in [1.54, 1.807) is 48.5 Å². The molecule has 1 aliphatic rings. The van der Waals surface area contributed by atoms with Crippen LogP contribution in [0.2, 0.25) is 0 Å². The van der Waals surface area contributed by atoms with E-state index >= 15 is 0 Å². The number of ketones is 1. The minimum absolute atomic E-state index is 0.0896. The molecule has 0 amide bonds. The molecule has 0 fully saturated rings. The van der Waals surface area contributed by atoms with Gasteiger partial charge in [-0.05, 0) is 16.7 Å². The number of hydrogen-bond donors (Lipinski definition) is 1. The van der Waals surface area contributed by atoms with E-state index in [1.165, 1.54) is 24.3 Å². The van der Waals surface area contributed by atoms with E-state index in [4.69, 9.17) is 12.2 Å². The van der Waals surface area contributed by atoms with Crippen LogP contribution in [-0.2, 0) is 4.79 Å². The van der Waals surface area contributed by atoms with E-state index in [0.717, 1.165) is 0 Å². The third-order valence-electron chi connectivity index (χ3n) is 6.30. The SMILES string of the molecule is N#CC(C#N)C(C1=C(O)C(c2ccccc2)C(=S)C(c2ccccc2)C1=O)c1ccc([N+](=O)[O-])cc1. The van der Waals surface area contributed by atoms with E-state index in [9.17, 15) is 30.5 Å². The van der Waals surface area contributed by atoms with Crippen LogP contribution in [-0.4, -0.2) is 20.7 Å². The fraction of sp³-hybridized carbons (Fsp3) is 0.143. The zero-order chi connectivity index (χ0) is 25.8. The van der Waals surface area contributed by atoms with Crippen molar-refractivity contribution < 1.29 is 14.8 Å². The van der Waals surface area contributed by atoms with Crippen molar-refractivity contribution in [2.45, 2.75) is 17.8 Å². The monoisotopic (exact) mass is 493 g/mol. The number of nitrogens with zero attached hydrogens (tertiary/aromatic N) is 3. The van der Waals surface area contributed by atoms with Crippen LogP contribution in [0, 0.1) is 38.7 Å². The first-order chi connectivity index (χ1) is 17.4. The molecule has 1 N–H and O–H groups in total. The summed E-state index contributed by atoms with van der Waals surface area (Å²) < 4.78 is 0. The number of nitro benzene ring substituents is 1. The maximum absolute atomic E-state index is 14.0. The van der Waals surface area contributed by atoms with E-state index < -0.39 is 34.4 Å². The third-order valence-corrected chi connectivity index (χ3v) is 6.77. The highest BCUT2D eigenvalue weighted by Gasteiger charge is 2.46. The van der Waals surface area contributed by atoms with Gasteiger partial charge in [0.05, 0.1) is 28.9 Å². The summed E-state index contributed by atoms with van der Waals surface area (Å²) in [5, 5.41) is 42.3. The quantitative estimate of drug-likeness (QED) is 0.266. The number of benzene rings is 3. The number of rotatable bonds is 6. The fourth-order valence-corrected chi connectivity index (χ4v) is 5.11. The van der Waals surface area contributed by atoms with Gasteiger partial charge in [-0.3, -0.25) is 14.9 Å². The van der Waals surface area contributed by atoms with Gasteiger partial charge in [0, 0.05) is 28.5 Å². The number of aliphatic hydroxyl groups excluding tert-OH is 1. The molecule has 3 aromatic carbocycles. The summed E-state index contributed by atoms with van der Waals surface area (Å²) in [7, 11) is 0. The Morgan fingerprint density at radius 3 is 1.83 bits per heavy atom. The summed E-state index contributed by atoms with van der Waals surface area (Å²) in [6, 6.07) is 27.0. The molecule has 0 aromatic heterocycles. The number of nitriles is 2. The van der Waals surface area contributed by atoms with Crippen LogP contribution in [0.4, 0.5) is 5.69 Å². The number of Topliss-reactive ketones (excluding diaryl/α,β-unsaturated/α-hetero) is 1. The number of nitro groups is 1. The zero-order valence-electron chi connectivity index (χ0n) is 18.8. The van der Waals surface area contributed by atoms with Crippen molar-refractivity contribution in [3.8, 4) is 12.1 Å². The molecule has 3 unspecified atom stereocenters. The molecule has 3 aromatic rings. The maximum atomic E-state index is 14.0. The maximum Gasteiger partial charge on any atom is 0.269 e. The van der Waals surface area contributed by atoms with Crippen molar-refractivity contribution in [1.82, 2.24) is 0 Å². The Kier molecular flexibility index (Phi) is 7.00. The second-order valence-corrected chi connectivity index (χ2v) is 8.79. The van der Waals surface area contributed by atoms with Crippen molar-refractivity contribution in [1.29, 1.82) is 10.5 Å². The smallest absolute Gasteiger partial charge is 0.269 e. The molecular formula is C28H19N3O4S. The Morgan fingerprint density at radius 1 is 0.861 bits per heavy atom. The Morgan fingerprint density at radius 2 is 1.36 bits per heavy atom. The number of allylic oxidation sites excluding steroid dienone is 2. The lowest BCUT2D eigenvalue weighted by atomic mass is 9.68. The van der Waals surface area contributed by atoms with Crippen LogP contribution in [0.1, 0.15) is 34.4 Å². The number of thiocarbonyl (C=S) groups is 1. The largest absolute Gasteiger partial charge is 0.511 e. The highest BCUT2D eigenvalue weighted by molar-refractivity contribution is 7.80. The van der Waals surface area contributed by atoms with Gasteiger partial charge in [-0.25, -0.2) is 0 Å². The lowest BCUT2D eigenvalue weighted by Gasteiger charge is -2.35. The summed E-state index contributed by atoms with van der Waals surface area (Å²) in [5.74, 6) is -5.02. The predicted octanol–water partition coefficient (Wildman–Crippen LogP) is 5.67. The van der Waals surface area contributed by atoms with Crippen molar-refractivity contribution in [3.63, 3.8) is 0 Å².